The summed E-state index contributed by atoms with van der Waals surface area (Å²) in [6.07, 6.45) is 3.91. The highest BCUT2D eigenvalue weighted by molar-refractivity contribution is 5.77. The summed E-state index contributed by atoms with van der Waals surface area (Å²) in [5.41, 5.74) is 5.63. The molecule has 1 amide bonds. The summed E-state index contributed by atoms with van der Waals surface area (Å²) in [4.78, 5) is 25.6. The number of hydrogen-bond donors (Lipinski definition) is 1. The molecule has 1 heterocycles. The van der Waals surface area contributed by atoms with Gasteiger partial charge in [-0.15, -0.1) is 0 Å². The van der Waals surface area contributed by atoms with Gasteiger partial charge in [0.25, 0.3) is 0 Å². The fourth-order valence-electron chi connectivity index (χ4n) is 3.02. The van der Waals surface area contributed by atoms with Crippen molar-refractivity contribution < 1.29 is 14.3 Å². The van der Waals surface area contributed by atoms with Crippen LogP contribution in [0.25, 0.3) is 0 Å². The summed E-state index contributed by atoms with van der Waals surface area (Å²) in [6, 6.07) is 0. The number of piperidine rings is 1. The lowest BCUT2D eigenvalue weighted by Crippen LogP contribution is -2.40. The first-order valence-corrected chi connectivity index (χ1v) is 8.05. The molecule has 2 N–H and O–H groups in total. The van der Waals surface area contributed by atoms with Gasteiger partial charge in [0.05, 0.1) is 13.0 Å². The van der Waals surface area contributed by atoms with E-state index < -0.39 is 0 Å². The second-order valence-electron chi connectivity index (χ2n) is 6.30. The van der Waals surface area contributed by atoms with Crippen LogP contribution in [0.4, 0.5) is 0 Å². The van der Waals surface area contributed by atoms with E-state index in [-0.39, 0.29) is 17.8 Å². The molecule has 122 valence electrons. The maximum atomic E-state index is 12.3. The first kappa shape index (κ1) is 18.0. The molecule has 0 saturated carbocycles. The Morgan fingerprint density at radius 2 is 1.86 bits per heavy atom. The van der Waals surface area contributed by atoms with Gasteiger partial charge < -0.3 is 15.4 Å². The molecule has 1 saturated heterocycles. The number of likely N-dealkylation sites (tertiary alicyclic amines) is 1. The molecule has 1 rings (SSSR count). The number of ether oxygens (including phenoxy) is 1. The summed E-state index contributed by atoms with van der Waals surface area (Å²) in [7, 11) is 1.42. The van der Waals surface area contributed by atoms with Gasteiger partial charge in [0, 0.05) is 19.5 Å². The van der Waals surface area contributed by atoms with Crippen LogP contribution in [-0.4, -0.2) is 43.5 Å². The molecule has 1 aliphatic rings. The number of methoxy groups -OCH3 is 1. The number of nitrogens with zero attached hydrogens (tertiary/aromatic N) is 1. The Kier molecular flexibility index (Phi) is 7.72. The minimum Gasteiger partial charge on any atom is -0.469 e. The number of nitrogens with two attached hydrogens (primary N) is 1. The minimum absolute atomic E-state index is 0.0419. The third-order valence-electron chi connectivity index (χ3n) is 4.59. The molecule has 21 heavy (non-hydrogen) atoms. The Morgan fingerprint density at radius 1 is 1.24 bits per heavy atom. The molecule has 5 heteroatoms. The lowest BCUT2D eigenvalue weighted by Gasteiger charge is -2.31. The Hall–Kier alpha value is -1.10. The van der Waals surface area contributed by atoms with Crippen molar-refractivity contribution in [2.24, 2.45) is 23.5 Å². The minimum atomic E-state index is -0.148. The van der Waals surface area contributed by atoms with Gasteiger partial charge in [-0.2, -0.15) is 0 Å². The van der Waals surface area contributed by atoms with Gasteiger partial charge in [0.15, 0.2) is 0 Å². The Bertz CT molecular complexity index is 336. The van der Waals surface area contributed by atoms with E-state index in [1.165, 1.54) is 7.11 Å². The van der Waals surface area contributed by atoms with Gasteiger partial charge in [-0.3, -0.25) is 9.59 Å². The van der Waals surface area contributed by atoms with Crippen LogP contribution < -0.4 is 5.73 Å². The summed E-state index contributed by atoms with van der Waals surface area (Å²) < 4.78 is 4.76. The second kappa shape index (κ2) is 9.03. The van der Waals surface area contributed by atoms with Crippen LogP contribution >= 0.6 is 0 Å². The van der Waals surface area contributed by atoms with Crippen molar-refractivity contribution in [2.45, 2.75) is 46.0 Å². The van der Waals surface area contributed by atoms with Crippen LogP contribution in [0.15, 0.2) is 0 Å². The lowest BCUT2D eigenvalue weighted by atomic mass is 9.88. The van der Waals surface area contributed by atoms with Gasteiger partial charge in [-0.05, 0) is 44.1 Å². The zero-order chi connectivity index (χ0) is 15.8. The number of rotatable bonds is 7. The summed E-state index contributed by atoms with van der Waals surface area (Å²) in [5.74, 6) is 1.10. The van der Waals surface area contributed by atoms with Crippen molar-refractivity contribution in [1.82, 2.24) is 4.90 Å². The number of hydrogen-bond acceptors (Lipinski definition) is 4. The zero-order valence-electron chi connectivity index (χ0n) is 13.6. The Balaban J connectivity index is 2.35. The molecule has 0 radical (unpaired) electrons. The molecule has 1 atom stereocenters. The summed E-state index contributed by atoms with van der Waals surface area (Å²) in [5, 5.41) is 0. The van der Waals surface area contributed by atoms with Gasteiger partial charge in [0.2, 0.25) is 5.91 Å². The average molecular weight is 298 g/mol. The number of carbonyl (C=O) groups is 2. The van der Waals surface area contributed by atoms with Crippen molar-refractivity contribution >= 4 is 11.9 Å². The SMILES string of the molecule is COC(=O)C1CCN(C(=O)CCC(CCN)C(C)C)CC1. The van der Waals surface area contributed by atoms with Crippen molar-refractivity contribution in [1.29, 1.82) is 0 Å². The highest BCUT2D eigenvalue weighted by atomic mass is 16.5. The normalized spacial score (nSPS) is 17.9. The van der Waals surface area contributed by atoms with Gasteiger partial charge in [0.1, 0.15) is 0 Å². The van der Waals surface area contributed by atoms with Crippen molar-refractivity contribution in [2.75, 3.05) is 26.7 Å². The third-order valence-corrected chi connectivity index (χ3v) is 4.59. The maximum Gasteiger partial charge on any atom is 0.308 e. The zero-order valence-corrected chi connectivity index (χ0v) is 13.6. The molecule has 1 aliphatic heterocycles. The van der Waals surface area contributed by atoms with E-state index in [1.54, 1.807) is 0 Å². The van der Waals surface area contributed by atoms with E-state index in [0.29, 0.717) is 37.9 Å². The van der Waals surface area contributed by atoms with Crippen LogP contribution in [0.1, 0.15) is 46.0 Å². The Morgan fingerprint density at radius 3 is 2.33 bits per heavy atom. The number of carbonyl (C=O) groups excluding carboxylic acids is 2. The van der Waals surface area contributed by atoms with E-state index in [4.69, 9.17) is 10.5 Å². The second-order valence-corrected chi connectivity index (χ2v) is 6.30. The van der Waals surface area contributed by atoms with E-state index in [9.17, 15) is 9.59 Å². The molecular formula is C16H30N2O3. The number of amides is 1. The molecular weight excluding hydrogens is 268 g/mol. The topological polar surface area (TPSA) is 72.6 Å². The van der Waals surface area contributed by atoms with Crippen molar-refractivity contribution in [3.05, 3.63) is 0 Å². The highest BCUT2D eigenvalue weighted by Crippen LogP contribution is 2.23. The third kappa shape index (κ3) is 5.65. The van der Waals surface area contributed by atoms with E-state index in [2.05, 4.69) is 13.8 Å². The van der Waals surface area contributed by atoms with Gasteiger partial charge in [-0.1, -0.05) is 13.8 Å². The highest BCUT2D eigenvalue weighted by Gasteiger charge is 2.28. The predicted molar refractivity (Wildman–Crippen MR) is 82.6 cm³/mol. The molecule has 1 unspecified atom stereocenters. The van der Waals surface area contributed by atoms with E-state index in [1.807, 2.05) is 4.90 Å². The van der Waals surface area contributed by atoms with Crippen LogP contribution in [0.5, 0.6) is 0 Å². The predicted octanol–water partition coefficient (Wildman–Crippen LogP) is 1.80. The molecule has 1 fully saturated rings. The van der Waals surface area contributed by atoms with Crippen LogP contribution in [0.2, 0.25) is 0 Å². The molecule has 0 bridgehead atoms. The average Bonchev–Trinajstić information content (AvgIpc) is 2.50. The standard InChI is InChI=1S/C16H30N2O3/c1-12(2)13(6-9-17)4-5-15(19)18-10-7-14(8-11-18)16(20)21-3/h12-14H,4-11,17H2,1-3H3. The van der Waals surface area contributed by atoms with Crippen LogP contribution in [0.3, 0.4) is 0 Å². The van der Waals surface area contributed by atoms with Crippen LogP contribution in [-0.2, 0) is 14.3 Å². The Labute approximate surface area is 128 Å². The van der Waals surface area contributed by atoms with Crippen molar-refractivity contribution in [3.8, 4) is 0 Å². The molecule has 5 nitrogen and oxygen atoms in total. The lowest BCUT2D eigenvalue weighted by molar-refractivity contribution is -0.149. The summed E-state index contributed by atoms with van der Waals surface area (Å²) in [6.45, 7) is 6.39. The van der Waals surface area contributed by atoms with E-state index in [0.717, 1.165) is 25.7 Å². The van der Waals surface area contributed by atoms with Crippen LogP contribution in [0, 0.1) is 17.8 Å². The summed E-state index contributed by atoms with van der Waals surface area (Å²) >= 11 is 0. The first-order chi connectivity index (χ1) is 9.99. The molecule has 0 aromatic carbocycles. The monoisotopic (exact) mass is 298 g/mol. The largest absolute Gasteiger partial charge is 0.469 e. The first-order valence-electron chi connectivity index (χ1n) is 8.05. The maximum absolute atomic E-state index is 12.3. The molecule has 0 aromatic rings. The van der Waals surface area contributed by atoms with Crippen molar-refractivity contribution in [3.63, 3.8) is 0 Å². The molecule has 0 aromatic heterocycles. The fraction of sp³-hybridized carbons (Fsp3) is 0.875. The smallest absolute Gasteiger partial charge is 0.308 e. The number of esters is 1. The fourth-order valence-corrected chi connectivity index (χ4v) is 3.02. The van der Waals surface area contributed by atoms with Gasteiger partial charge >= 0.3 is 5.97 Å². The van der Waals surface area contributed by atoms with E-state index >= 15 is 0 Å². The quantitative estimate of drug-likeness (QED) is 0.727. The molecule has 0 aliphatic carbocycles. The molecule has 0 spiro atoms. The van der Waals surface area contributed by atoms with Gasteiger partial charge in [-0.25, -0.2) is 0 Å².